The van der Waals surface area contributed by atoms with Gasteiger partial charge in [0.25, 0.3) is 10.2 Å². The third kappa shape index (κ3) is 4.97. The fourth-order valence-corrected chi connectivity index (χ4v) is 1.94. The third-order valence-electron chi connectivity index (χ3n) is 2.06. The lowest BCUT2D eigenvalue weighted by Gasteiger charge is -2.11. The molecule has 0 saturated carbocycles. The van der Waals surface area contributed by atoms with Crippen molar-refractivity contribution in [2.75, 3.05) is 6.61 Å². The maximum Gasteiger partial charge on any atom is 0.274 e. The maximum atomic E-state index is 10.8. The molecule has 0 amide bonds. The molecule has 1 rings (SSSR count). The van der Waals surface area contributed by atoms with Gasteiger partial charge in [0.05, 0.1) is 0 Å². The van der Waals surface area contributed by atoms with E-state index in [0.29, 0.717) is 0 Å². The lowest BCUT2D eigenvalue weighted by molar-refractivity contribution is 0.350. The number of hydrogen-bond acceptors (Lipinski definition) is 3. The maximum absolute atomic E-state index is 10.8. The van der Waals surface area contributed by atoms with Gasteiger partial charge < -0.3 is 5.11 Å². The molecule has 1 aromatic rings. The Morgan fingerprint density at radius 3 is 2.47 bits per heavy atom. The molecule has 0 fully saturated rings. The van der Waals surface area contributed by atoms with Crippen LogP contribution in [0.1, 0.15) is 24.1 Å². The summed E-state index contributed by atoms with van der Waals surface area (Å²) in [5, 5.41) is 13.4. The van der Waals surface area contributed by atoms with Crippen LogP contribution in [0.2, 0.25) is 0 Å². The summed E-state index contributed by atoms with van der Waals surface area (Å²) in [4.78, 5) is 0. The van der Waals surface area contributed by atoms with Gasteiger partial charge in [-0.3, -0.25) is 0 Å². The van der Waals surface area contributed by atoms with E-state index in [0.717, 1.165) is 11.1 Å². The molecule has 4 N–H and O–H groups in total. The summed E-state index contributed by atoms with van der Waals surface area (Å²) in [6.07, 6.45) is 0. The average Bonchev–Trinajstić information content (AvgIpc) is 2.24. The minimum absolute atomic E-state index is 0.189. The fraction of sp³-hybridized carbons (Fsp3) is 0.273. The molecule has 92 valence electrons. The Balaban J connectivity index is 2.80. The summed E-state index contributed by atoms with van der Waals surface area (Å²) in [5.41, 5.74) is 1.54. The molecule has 0 saturated heterocycles. The van der Waals surface area contributed by atoms with Crippen LogP contribution in [0.25, 0.3) is 0 Å². The molecule has 1 unspecified atom stereocenters. The highest BCUT2D eigenvalue weighted by atomic mass is 32.2. The quantitative estimate of drug-likeness (QED) is 0.657. The van der Waals surface area contributed by atoms with E-state index in [4.69, 9.17) is 10.2 Å². The molecule has 0 aliphatic rings. The first kappa shape index (κ1) is 13.7. The molecule has 1 atom stereocenters. The smallest absolute Gasteiger partial charge is 0.274 e. The molecular formula is C11H14N2O3S. The number of hydrogen-bond donors (Lipinski definition) is 3. The van der Waals surface area contributed by atoms with Crippen LogP contribution < -0.4 is 9.86 Å². The van der Waals surface area contributed by atoms with Crippen molar-refractivity contribution in [2.45, 2.75) is 13.0 Å². The van der Waals surface area contributed by atoms with Crippen LogP contribution in [0, 0.1) is 11.8 Å². The second-order valence-electron chi connectivity index (χ2n) is 3.47. The fourth-order valence-electron chi connectivity index (χ4n) is 1.31. The Labute approximate surface area is 101 Å². The monoisotopic (exact) mass is 254 g/mol. The van der Waals surface area contributed by atoms with Gasteiger partial charge in [0, 0.05) is 11.6 Å². The molecule has 0 aliphatic heterocycles. The molecule has 1 aromatic carbocycles. The highest BCUT2D eigenvalue weighted by molar-refractivity contribution is 7.87. The Kier molecular flexibility index (Phi) is 4.66. The van der Waals surface area contributed by atoms with Crippen molar-refractivity contribution in [3.63, 3.8) is 0 Å². The minimum Gasteiger partial charge on any atom is -0.384 e. The first-order valence-corrected chi connectivity index (χ1v) is 6.47. The van der Waals surface area contributed by atoms with E-state index in [9.17, 15) is 8.42 Å². The van der Waals surface area contributed by atoms with Gasteiger partial charge in [-0.25, -0.2) is 5.14 Å². The molecule has 0 spiro atoms. The Hall–Kier alpha value is -1.39. The SMILES string of the molecule is CC(NS(N)(=O)=O)c1ccc(C#CCO)cc1. The lowest BCUT2D eigenvalue weighted by atomic mass is 10.1. The van der Waals surface area contributed by atoms with Gasteiger partial charge in [0.2, 0.25) is 0 Å². The zero-order valence-corrected chi connectivity index (χ0v) is 10.2. The largest absolute Gasteiger partial charge is 0.384 e. The number of rotatable bonds is 3. The Morgan fingerprint density at radius 1 is 1.41 bits per heavy atom. The van der Waals surface area contributed by atoms with Crippen LogP contribution in [0.3, 0.4) is 0 Å². The molecule has 5 nitrogen and oxygen atoms in total. The Morgan fingerprint density at radius 2 is 2.00 bits per heavy atom. The third-order valence-corrected chi connectivity index (χ3v) is 2.75. The summed E-state index contributed by atoms with van der Waals surface area (Å²) >= 11 is 0. The second-order valence-corrected chi connectivity index (χ2v) is 4.79. The van der Waals surface area contributed by atoms with Crippen LogP contribution in [0.15, 0.2) is 24.3 Å². The molecule has 0 radical (unpaired) electrons. The van der Waals surface area contributed by atoms with E-state index in [1.807, 2.05) is 0 Å². The Bertz CT molecular complexity index is 526. The van der Waals surface area contributed by atoms with Gasteiger partial charge in [-0.05, 0) is 24.6 Å². The van der Waals surface area contributed by atoms with E-state index in [-0.39, 0.29) is 6.61 Å². The lowest BCUT2D eigenvalue weighted by Crippen LogP contribution is -2.32. The van der Waals surface area contributed by atoms with E-state index in [2.05, 4.69) is 16.6 Å². The van der Waals surface area contributed by atoms with Crippen molar-refractivity contribution in [2.24, 2.45) is 5.14 Å². The van der Waals surface area contributed by atoms with Gasteiger partial charge in [0.15, 0.2) is 0 Å². The molecule has 6 heteroatoms. The van der Waals surface area contributed by atoms with Crippen LogP contribution >= 0.6 is 0 Å². The summed E-state index contributed by atoms with van der Waals surface area (Å²) in [6, 6.07) is 6.61. The predicted molar refractivity (Wildman–Crippen MR) is 65.1 cm³/mol. The topological polar surface area (TPSA) is 92.4 Å². The van der Waals surface area contributed by atoms with Gasteiger partial charge in [-0.2, -0.15) is 13.1 Å². The highest BCUT2D eigenvalue weighted by Crippen LogP contribution is 2.13. The van der Waals surface area contributed by atoms with Gasteiger partial charge >= 0.3 is 0 Å². The second kappa shape index (κ2) is 5.80. The van der Waals surface area contributed by atoms with E-state index in [1.165, 1.54) is 0 Å². The predicted octanol–water partition coefficient (Wildman–Crippen LogP) is -0.115. The van der Waals surface area contributed by atoms with E-state index in [1.54, 1.807) is 31.2 Å². The zero-order chi connectivity index (χ0) is 12.9. The van der Waals surface area contributed by atoms with Gasteiger partial charge in [0.1, 0.15) is 6.61 Å². The number of aliphatic hydroxyl groups excluding tert-OH is 1. The first-order valence-electron chi connectivity index (χ1n) is 4.92. The molecule has 0 aromatic heterocycles. The molecule has 17 heavy (non-hydrogen) atoms. The number of nitrogens with two attached hydrogens (primary N) is 1. The summed E-state index contributed by atoms with van der Waals surface area (Å²) in [7, 11) is -3.71. The number of benzene rings is 1. The van der Waals surface area contributed by atoms with Gasteiger partial charge in [-0.15, -0.1) is 0 Å². The highest BCUT2D eigenvalue weighted by Gasteiger charge is 2.10. The zero-order valence-electron chi connectivity index (χ0n) is 9.34. The van der Waals surface area contributed by atoms with E-state index < -0.39 is 16.3 Å². The normalized spacial score (nSPS) is 12.6. The van der Waals surface area contributed by atoms with Crippen molar-refractivity contribution in [3.8, 4) is 11.8 Å². The van der Waals surface area contributed by atoms with Crippen LogP contribution in [0.5, 0.6) is 0 Å². The average molecular weight is 254 g/mol. The van der Waals surface area contributed by atoms with Crippen molar-refractivity contribution in [3.05, 3.63) is 35.4 Å². The summed E-state index contributed by atoms with van der Waals surface area (Å²) in [6.45, 7) is 1.50. The molecule has 0 heterocycles. The standard InChI is InChI=1S/C11H14N2O3S/c1-9(13-17(12,15)16)11-6-4-10(5-7-11)3-2-8-14/h4-7,9,13-14H,8H2,1H3,(H2,12,15,16). The molecular weight excluding hydrogens is 240 g/mol. The number of aliphatic hydroxyl groups is 1. The molecule has 0 aliphatic carbocycles. The summed E-state index contributed by atoms with van der Waals surface area (Å²) < 4.78 is 24.0. The van der Waals surface area contributed by atoms with E-state index >= 15 is 0 Å². The van der Waals surface area contributed by atoms with Crippen molar-refractivity contribution in [1.29, 1.82) is 0 Å². The summed E-state index contributed by atoms with van der Waals surface area (Å²) in [5.74, 6) is 5.27. The van der Waals surface area contributed by atoms with Crippen molar-refractivity contribution < 1.29 is 13.5 Å². The van der Waals surface area contributed by atoms with Crippen LogP contribution in [0.4, 0.5) is 0 Å². The minimum atomic E-state index is -3.71. The van der Waals surface area contributed by atoms with Gasteiger partial charge in [-0.1, -0.05) is 24.0 Å². The van der Waals surface area contributed by atoms with Crippen LogP contribution in [-0.2, 0) is 10.2 Å². The first-order chi connectivity index (χ1) is 7.92. The van der Waals surface area contributed by atoms with Crippen molar-refractivity contribution in [1.82, 2.24) is 4.72 Å². The van der Waals surface area contributed by atoms with Crippen molar-refractivity contribution >= 4 is 10.2 Å². The molecule has 0 bridgehead atoms. The number of nitrogens with one attached hydrogen (secondary N) is 1. The van der Waals surface area contributed by atoms with Crippen LogP contribution in [-0.4, -0.2) is 20.1 Å².